The fraction of sp³-hybridized carbons (Fsp3) is 0.933. The van der Waals surface area contributed by atoms with Gasteiger partial charge in [-0.25, -0.2) is 4.79 Å². The van der Waals surface area contributed by atoms with E-state index in [-0.39, 0.29) is 30.8 Å². The van der Waals surface area contributed by atoms with Crippen LogP contribution >= 0.6 is 0 Å². The predicted octanol–water partition coefficient (Wildman–Crippen LogP) is 2.47. The van der Waals surface area contributed by atoms with Crippen molar-refractivity contribution in [2.45, 2.75) is 58.0 Å². The van der Waals surface area contributed by atoms with Gasteiger partial charge in [-0.15, -0.1) is 0 Å². The zero-order chi connectivity index (χ0) is 17.8. The van der Waals surface area contributed by atoms with Gasteiger partial charge < -0.3 is 15.0 Å². The van der Waals surface area contributed by atoms with E-state index in [4.69, 9.17) is 4.74 Å². The van der Waals surface area contributed by atoms with Crippen LogP contribution in [0.25, 0.3) is 0 Å². The van der Waals surface area contributed by atoms with E-state index < -0.39 is 12.2 Å². The molecule has 136 valence electrons. The Morgan fingerprint density at radius 2 is 1.70 bits per heavy atom. The molecular weight excluding hydrogens is 311 g/mol. The lowest BCUT2D eigenvalue weighted by molar-refractivity contribution is -0.181. The molecule has 0 unspecified atom stereocenters. The molecule has 0 saturated carbocycles. The van der Waals surface area contributed by atoms with Crippen LogP contribution in [0, 0.1) is 0 Å². The van der Waals surface area contributed by atoms with E-state index in [1.807, 2.05) is 20.8 Å². The SMILES string of the molecule is COC(C)(C)C[C@H](C)NC(=O)N1CCN([C@H](C)C(F)(F)F)CC1. The Morgan fingerprint density at radius 1 is 1.17 bits per heavy atom. The summed E-state index contributed by atoms with van der Waals surface area (Å²) in [5.74, 6) is 0. The van der Waals surface area contributed by atoms with Gasteiger partial charge in [-0.05, 0) is 34.1 Å². The molecule has 2 atom stereocenters. The summed E-state index contributed by atoms with van der Waals surface area (Å²) >= 11 is 0. The highest BCUT2D eigenvalue weighted by Gasteiger charge is 2.41. The minimum atomic E-state index is -4.23. The monoisotopic (exact) mass is 339 g/mol. The van der Waals surface area contributed by atoms with Gasteiger partial charge in [0.15, 0.2) is 0 Å². The number of piperazine rings is 1. The molecular formula is C15H28F3N3O2. The van der Waals surface area contributed by atoms with Crippen molar-refractivity contribution in [2.24, 2.45) is 0 Å². The zero-order valence-electron chi connectivity index (χ0n) is 14.5. The fourth-order valence-corrected chi connectivity index (χ4v) is 2.69. The Labute approximate surface area is 136 Å². The van der Waals surface area contributed by atoms with E-state index in [0.29, 0.717) is 19.5 Å². The molecule has 0 radical (unpaired) electrons. The molecule has 1 heterocycles. The van der Waals surface area contributed by atoms with Gasteiger partial charge in [0.25, 0.3) is 0 Å². The number of nitrogens with one attached hydrogen (secondary N) is 1. The summed E-state index contributed by atoms with van der Waals surface area (Å²) in [7, 11) is 1.62. The molecule has 0 aromatic carbocycles. The van der Waals surface area contributed by atoms with Gasteiger partial charge >= 0.3 is 12.2 Å². The average molecular weight is 339 g/mol. The Balaban J connectivity index is 2.44. The molecule has 2 amide bonds. The number of ether oxygens (including phenoxy) is 1. The van der Waals surface area contributed by atoms with Gasteiger partial charge in [-0.2, -0.15) is 13.2 Å². The minimum Gasteiger partial charge on any atom is -0.379 e. The van der Waals surface area contributed by atoms with Gasteiger partial charge in [0.2, 0.25) is 0 Å². The number of carbonyl (C=O) groups excluding carboxylic acids is 1. The van der Waals surface area contributed by atoms with Gasteiger partial charge in [-0.3, -0.25) is 4.90 Å². The van der Waals surface area contributed by atoms with Crippen LogP contribution in [0.5, 0.6) is 0 Å². The second kappa shape index (κ2) is 7.70. The van der Waals surface area contributed by atoms with Crippen molar-refractivity contribution in [2.75, 3.05) is 33.3 Å². The molecule has 1 saturated heterocycles. The first-order chi connectivity index (χ1) is 10.5. The van der Waals surface area contributed by atoms with E-state index in [1.54, 1.807) is 12.0 Å². The zero-order valence-corrected chi connectivity index (χ0v) is 14.5. The number of hydrogen-bond donors (Lipinski definition) is 1. The van der Waals surface area contributed by atoms with Crippen LogP contribution in [0.3, 0.4) is 0 Å². The third-order valence-electron chi connectivity index (χ3n) is 4.34. The summed E-state index contributed by atoms with van der Waals surface area (Å²) in [6, 6.07) is -1.79. The molecule has 1 rings (SSSR count). The molecule has 1 aliphatic heterocycles. The molecule has 0 aromatic heterocycles. The number of methoxy groups -OCH3 is 1. The highest BCUT2D eigenvalue weighted by Crippen LogP contribution is 2.25. The average Bonchev–Trinajstić information content (AvgIpc) is 2.45. The van der Waals surface area contributed by atoms with Crippen LogP contribution in [0.2, 0.25) is 0 Å². The normalized spacial score (nSPS) is 20.3. The molecule has 1 aliphatic rings. The highest BCUT2D eigenvalue weighted by atomic mass is 19.4. The summed E-state index contributed by atoms with van der Waals surface area (Å²) in [5, 5.41) is 2.88. The van der Waals surface area contributed by atoms with Gasteiger partial charge in [0, 0.05) is 39.3 Å². The Hall–Kier alpha value is -1.02. The third-order valence-corrected chi connectivity index (χ3v) is 4.34. The number of amides is 2. The standard InChI is InChI=1S/C15H28F3N3O2/c1-11(10-14(3,4)23-5)19-13(22)21-8-6-20(7-9-21)12(2)15(16,17)18/h11-12H,6-10H2,1-5H3,(H,19,22)/t11-,12+/m0/s1. The molecule has 0 aliphatic carbocycles. The van der Waals surface area contributed by atoms with Crippen molar-refractivity contribution in [3.8, 4) is 0 Å². The quantitative estimate of drug-likeness (QED) is 0.837. The van der Waals surface area contributed by atoms with Gasteiger partial charge in [0.05, 0.1) is 5.60 Å². The molecule has 0 aromatic rings. The predicted molar refractivity (Wildman–Crippen MR) is 82.4 cm³/mol. The van der Waals surface area contributed by atoms with Crippen LogP contribution in [0.4, 0.5) is 18.0 Å². The summed E-state index contributed by atoms with van der Waals surface area (Å²) < 4.78 is 43.4. The maximum absolute atomic E-state index is 12.7. The van der Waals surface area contributed by atoms with Crippen molar-refractivity contribution in [1.82, 2.24) is 15.1 Å². The van der Waals surface area contributed by atoms with Crippen molar-refractivity contribution in [1.29, 1.82) is 0 Å². The Bertz CT molecular complexity index is 394. The second-order valence-electron chi connectivity index (χ2n) is 6.76. The smallest absolute Gasteiger partial charge is 0.379 e. The van der Waals surface area contributed by atoms with Gasteiger partial charge in [-0.1, -0.05) is 0 Å². The van der Waals surface area contributed by atoms with E-state index in [0.717, 1.165) is 6.92 Å². The second-order valence-corrected chi connectivity index (χ2v) is 6.76. The number of halogens is 3. The molecule has 0 spiro atoms. The van der Waals surface area contributed by atoms with Crippen molar-refractivity contribution >= 4 is 6.03 Å². The number of carbonyl (C=O) groups is 1. The van der Waals surface area contributed by atoms with Crippen LogP contribution in [-0.4, -0.2) is 73.0 Å². The third kappa shape index (κ3) is 6.18. The molecule has 23 heavy (non-hydrogen) atoms. The molecule has 0 bridgehead atoms. The van der Waals surface area contributed by atoms with E-state index in [2.05, 4.69) is 5.32 Å². The molecule has 8 heteroatoms. The summed E-state index contributed by atoms with van der Waals surface area (Å²) in [6.07, 6.45) is -3.58. The van der Waals surface area contributed by atoms with E-state index in [9.17, 15) is 18.0 Å². The Morgan fingerprint density at radius 3 is 2.13 bits per heavy atom. The van der Waals surface area contributed by atoms with E-state index >= 15 is 0 Å². The lowest BCUT2D eigenvalue weighted by Crippen LogP contribution is -2.57. The van der Waals surface area contributed by atoms with Crippen LogP contribution < -0.4 is 5.32 Å². The number of alkyl halides is 3. The van der Waals surface area contributed by atoms with Crippen molar-refractivity contribution < 1.29 is 22.7 Å². The topological polar surface area (TPSA) is 44.8 Å². The van der Waals surface area contributed by atoms with Crippen LogP contribution in [0.15, 0.2) is 0 Å². The first-order valence-corrected chi connectivity index (χ1v) is 7.87. The van der Waals surface area contributed by atoms with Crippen LogP contribution in [-0.2, 0) is 4.74 Å². The first-order valence-electron chi connectivity index (χ1n) is 7.87. The summed E-state index contributed by atoms with van der Waals surface area (Å²) in [5.41, 5.74) is -0.340. The Kier molecular flexibility index (Phi) is 6.70. The maximum atomic E-state index is 12.7. The number of rotatable bonds is 5. The van der Waals surface area contributed by atoms with Crippen LogP contribution in [0.1, 0.15) is 34.1 Å². The molecule has 1 fully saturated rings. The maximum Gasteiger partial charge on any atom is 0.403 e. The minimum absolute atomic E-state index is 0.0791. The lowest BCUT2D eigenvalue weighted by atomic mass is 10.00. The summed E-state index contributed by atoms with van der Waals surface area (Å²) in [4.78, 5) is 15.1. The number of nitrogens with zero attached hydrogens (tertiary/aromatic N) is 2. The highest BCUT2D eigenvalue weighted by molar-refractivity contribution is 5.74. The van der Waals surface area contributed by atoms with E-state index in [1.165, 1.54) is 4.90 Å². The van der Waals surface area contributed by atoms with Crippen molar-refractivity contribution in [3.63, 3.8) is 0 Å². The molecule has 1 N–H and O–H groups in total. The lowest BCUT2D eigenvalue weighted by Gasteiger charge is -2.39. The number of urea groups is 1. The fourth-order valence-electron chi connectivity index (χ4n) is 2.69. The largest absolute Gasteiger partial charge is 0.403 e. The van der Waals surface area contributed by atoms with Gasteiger partial charge in [0.1, 0.15) is 6.04 Å². The van der Waals surface area contributed by atoms with Crippen molar-refractivity contribution in [3.05, 3.63) is 0 Å². The summed E-state index contributed by atoms with van der Waals surface area (Å²) in [6.45, 7) is 7.97. The molecule has 5 nitrogen and oxygen atoms in total. The number of hydrogen-bond acceptors (Lipinski definition) is 3. The first kappa shape index (κ1) is 20.0.